The molecule has 0 aromatic heterocycles. The zero-order valence-corrected chi connectivity index (χ0v) is 11.9. The zero-order valence-electron chi connectivity index (χ0n) is 11.9. The van der Waals surface area contributed by atoms with Crippen LogP contribution in [0.5, 0.6) is 0 Å². The highest BCUT2D eigenvalue weighted by atomic mass is 19.4. The van der Waals surface area contributed by atoms with E-state index in [2.05, 4.69) is 5.32 Å². The molecule has 0 fully saturated rings. The van der Waals surface area contributed by atoms with Crippen LogP contribution in [0.25, 0.3) is 0 Å². The highest BCUT2D eigenvalue weighted by Gasteiger charge is 2.38. The van der Waals surface area contributed by atoms with Gasteiger partial charge in [0.25, 0.3) is 0 Å². The van der Waals surface area contributed by atoms with Crippen LogP contribution in [0.4, 0.5) is 18.9 Å². The summed E-state index contributed by atoms with van der Waals surface area (Å²) < 4.78 is 36.5. The zero-order chi connectivity index (χ0) is 16.1. The van der Waals surface area contributed by atoms with E-state index in [1.54, 1.807) is 17.4 Å². The van der Waals surface area contributed by atoms with Crippen LogP contribution in [0, 0.1) is 0 Å². The fraction of sp³-hybridized carbons (Fsp3) is 0.500. The minimum absolute atomic E-state index is 0.0476. The Balaban J connectivity index is 2.71. The molecule has 1 aromatic carbocycles. The first kappa shape index (κ1) is 17.5. The number of carbonyl (C=O) groups is 1. The molecule has 0 radical (unpaired) electrons. The van der Waals surface area contributed by atoms with Crippen molar-refractivity contribution in [3.8, 4) is 0 Å². The number of anilines is 1. The average Bonchev–Trinajstić information content (AvgIpc) is 2.44. The number of benzene rings is 1. The largest absolute Gasteiger partial charge is 0.471 e. The summed E-state index contributed by atoms with van der Waals surface area (Å²) in [7, 11) is 0. The maximum absolute atomic E-state index is 12.2. The number of rotatable bonds is 6. The first-order valence-electron chi connectivity index (χ1n) is 6.53. The van der Waals surface area contributed by atoms with E-state index < -0.39 is 17.6 Å². The van der Waals surface area contributed by atoms with Crippen molar-refractivity contribution in [3.63, 3.8) is 0 Å². The molecule has 1 aromatic rings. The smallest absolute Gasteiger partial charge is 0.394 e. The second-order valence-corrected chi connectivity index (χ2v) is 5.08. The van der Waals surface area contributed by atoms with Gasteiger partial charge in [-0.2, -0.15) is 13.2 Å². The van der Waals surface area contributed by atoms with Crippen LogP contribution in [0.15, 0.2) is 24.3 Å². The van der Waals surface area contributed by atoms with Crippen molar-refractivity contribution >= 4 is 11.6 Å². The van der Waals surface area contributed by atoms with E-state index in [0.29, 0.717) is 18.5 Å². The maximum atomic E-state index is 12.2. The van der Waals surface area contributed by atoms with E-state index in [0.717, 1.165) is 0 Å². The molecule has 4 nitrogen and oxygen atoms in total. The van der Waals surface area contributed by atoms with Gasteiger partial charge >= 0.3 is 12.1 Å². The van der Waals surface area contributed by atoms with Crippen molar-refractivity contribution in [1.29, 1.82) is 0 Å². The van der Waals surface area contributed by atoms with Gasteiger partial charge in [0.05, 0.1) is 6.61 Å². The number of carbonyl (C=O) groups excluding carboxylic acids is 1. The van der Waals surface area contributed by atoms with E-state index >= 15 is 0 Å². The SMILES string of the molecule is CCC(C)(CO)NCc1cccc(NC(=O)C(F)(F)F)c1. The second kappa shape index (κ2) is 6.91. The van der Waals surface area contributed by atoms with E-state index in [-0.39, 0.29) is 12.3 Å². The predicted molar refractivity (Wildman–Crippen MR) is 73.7 cm³/mol. The number of nitrogens with one attached hydrogen (secondary N) is 2. The Labute approximate surface area is 121 Å². The molecule has 0 aliphatic carbocycles. The van der Waals surface area contributed by atoms with Crippen LogP contribution in [-0.2, 0) is 11.3 Å². The molecule has 0 aliphatic heterocycles. The van der Waals surface area contributed by atoms with Crippen molar-refractivity contribution in [3.05, 3.63) is 29.8 Å². The third kappa shape index (κ3) is 5.35. The summed E-state index contributed by atoms with van der Waals surface area (Å²) in [4.78, 5) is 10.9. The summed E-state index contributed by atoms with van der Waals surface area (Å²) in [5.41, 5.74) is 0.340. The lowest BCUT2D eigenvalue weighted by Gasteiger charge is -2.27. The van der Waals surface area contributed by atoms with E-state index in [1.165, 1.54) is 12.1 Å². The number of aliphatic hydroxyl groups excluding tert-OH is 1. The molecule has 0 aliphatic rings. The third-order valence-electron chi connectivity index (χ3n) is 3.29. The van der Waals surface area contributed by atoms with Crippen molar-refractivity contribution in [2.75, 3.05) is 11.9 Å². The van der Waals surface area contributed by atoms with Gasteiger partial charge in [0.2, 0.25) is 0 Å². The molecule has 1 unspecified atom stereocenters. The fourth-order valence-electron chi connectivity index (χ4n) is 1.57. The number of alkyl halides is 3. The van der Waals surface area contributed by atoms with Crippen molar-refractivity contribution in [2.24, 2.45) is 0 Å². The maximum Gasteiger partial charge on any atom is 0.471 e. The monoisotopic (exact) mass is 304 g/mol. The van der Waals surface area contributed by atoms with Gasteiger partial charge in [0.1, 0.15) is 0 Å². The van der Waals surface area contributed by atoms with Gasteiger partial charge < -0.3 is 15.7 Å². The molecule has 3 N–H and O–H groups in total. The van der Waals surface area contributed by atoms with Crippen LogP contribution >= 0.6 is 0 Å². The lowest BCUT2D eigenvalue weighted by molar-refractivity contribution is -0.167. The highest BCUT2D eigenvalue weighted by molar-refractivity contribution is 5.94. The van der Waals surface area contributed by atoms with E-state index in [9.17, 15) is 23.1 Å². The Morgan fingerprint density at radius 1 is 1.33 bits per heavy atom. The lowest BCUT2D eigenvalue weighted by Crippen LogP contribution is -2.44. The molecule has 0 spiro atoms. The molecule has 1 rings (SSSR count). The normalized spacial score (nSPS) is 14.6. The Hall–Kier alpha value is -1.60. The van der Waals surface area contributed by atoms with Gasteiger partial charge in [-0.3, -0.25) is 4.79 Å². The van der Waals surface area contributed by atoms with Crippen molar-refractivity contribution in [2.45, 2.75) is 38.5 Å². The molecule has 7 heteroatoms. The molecule has 0 heterocycles. The predicted octanol–water partition coefficient (Wildman–Crippen LogP) is 2.44. The lowest BCUT2D eigenvalue weighted by atomic mass is 10.00. The van der Waals surface area contributed by atoms with Crippen molar-refractivity contribution in [1.82, 2.24) is 5.32 Å². The van der Waals surface area contributed by atoms with Gasteiger partial charge in [-0.25, -0.2) is 0 Å². The molecule has 1 atom stereocenters. The second-order valence-electron chi connectivity index (χ2n) is 5.08. The summed E-state index contributed by atoms with van der Waals surface area (Å²) in [6.07, 6.45) is -4.21. The van der Waals surface area contributed by atoms with Crippen LogP contribution in [-0.4, -0.2) is 29.3 Å². The fourth-order valence-corrected chi connectivity index (χ4v) is 1.57. The summed E-state index contributed by atoms with van der Waals surface area (Å²) in [5, 5.41) is 14.2. The Bertz CT molecular complexity index is 485. The number of hydrogen-bond acceptors (Lipinski definition) is 3. The Kier molecular flexibility index (Phi) is 5.74. The van der Waals surface area contributed by atoms with Crippen LogP contribution < -0.4 is 10.6 Å². The molecule has 0 saturated heterocycles. The number of aliphatic hydroxyl groups is 1. The minimum Gasteiger partial charge on any atom is -0.394 e. The molecule has 118 valence electrons. The average molecular weight is 304 g/mol. The Morgan fingerprint density at radius 2 is 2.00 bits per heavy atom. The van der Waals surface area contributed by atoms with Crippen LogP contribution in [0.2, 0.25) is 0 Å². The topological polar surface area (TPSA) is 61.4 Å². The first-order chi connectivity index (χ1) is 9.70. The third-order valence-corrected chi connectivity index (χ3v) is 3.29. The molecule has 0 bridgehead atoms. The summed E-state index contributed by atoms with van der Waals surface area (Å²) in [6.45, 7) is 4.10. The van der Waals surface area contributed by atoms with Crippen molar-refractivity contribution < 1.29 is 23.1 Å². The molecular weight excluding hydrogens is 285 g/mol. The van der Waals surface area contributed by atoms with Gasteiger partial charge in [0.15, 0.2) is 0 Å². The molecular formula is C14H19F3N2O2. The quantitative estimate of drug-likeness (QED) is 0.756. The number of amides is 1. The first-order valence-corrected chi connectivity index (χ1v) is 6.53. The van der Waals surface area contributed by atoms with E-state index in [1.807, 2.05) is 13.8 Å². The molecule has 0 saturated carbocycles. The summed E-state index contributed by atoms with van der Waals surface area (Å²) >= 11 is 0. The number of halogens is 3. The van der Waals surface area contributed by atoms with Crippen LogP contribution in [0.1, 0.15) is 25.8 Å². The van der Waals surface area contributed by atoms with Gasteiger partial charge in [-0.15, -0.1) is 0 Å². The van der Waals surface area contributed by atoms with Crippen LogP contribution in [0.3, 0.4) is 0 Å². The molecule has 1 amide bonds. The summed E-state index contributed by atoms with van der Waals surface area (Å²) in [6, 6.07) is 6.14. The summed E-state index contributed by atoms with van der Waals surface area (Å²) in [5.74, 6) is -2.00. The van der Waals surface area contributed by atoms with Gasteiger partial charge in [-0.05, 0) is 31.0 Å². The van der Waals surface area contributed by atoms with Gasteiger partial charge in [-0.1, -0.05) is 19.1 Å². The molecule has 21 heavy (non-hydrogen) atoms. The number of hydrogen-bond donors (Lipinski definition) is 3. The van der Waals surface area contributed by atoms with E-state index in [4.69, 9.17) is 0 Å². The highest BCUT2D eigenvalue weighted by Crippen LogP contribution is 2.19. The minimum atomic E-state index is -4.91. The van der Waals surface area contributed by atoms with Gasteiger partial charge in [0, 0.05) is 17.8 Å². The standard InChI is InChI=1S/C14H19F3N2O2/c1-3-13(2,9-20)18-8-10-5-4-6-11(7-10)19-12(21)14(15,16)17/h4-7,18,20H,3,8-9H2,1-2H3,(H,19,21). The Morgan fingerprint density at radius 3 is 2.52 bits per heavy atom.